The fourth-order valence-electron chi connectivity index (χ4n) is 4.10. The van der Waals surface area contributed by atoms with Gasteiger partial charge in [-0.2, -0.15) is 0 Å². The molecule has 0 aliphatic heterocycles. The molecule has 0 radical (unpaired) electrons. The first-order valence-electron chi connectivity index (χ1n) is 15.1. The molecule has 0 aromatic heterocycles. The topological polar surface area (TPSA) is 54.4 Å². The van der Waals surface area contributed by atoms with E-state index in [1.807, 2.05) is 0 Å². The second-order valence-corrected chi connectivity index (χ2v) is 46.2. The Balaban J connectivity index is 0. The van der Waals surface area contributed by atoms with Gasteiger partial charge in [-0.1, -0.05) is 557 Å². The van der Waals surface area contributed by atoms with Gasteiger partial charge in [-0.15, -0.1) is 0 Å². The first-order chi connectivity index (χ1) is 31.2. The molecule has 0 amide bonds. The van der Waals surface area contributed by atoms with Gasteiger partial charge < -0.3 is 0 Å². The minimum atomic E-state index is -3.89. The van der Waals surface area contributed by atoms with Gasteiger partial charge >= 0.3 is 0 Å². The molecule has 0 heterocycles. The maximum Gasteiger partial charge on any atom is 0.254 e. The first-order valence-corrected chi connectivity index (χ1v) is 34.4. The summed E-state index contributed by atoms with van der Waals surface area (Å²) in [5.41, 5.74) is 0. The molecule has 0 aromatic carbocycles. The predicted octanol–water partition coefficient (Wildman–Crippen LogP) is 27.4. The molecular formula is C23H2Cl48O3S. The number of hydrogen-bond acceptors (Lipinski definition) is 2. The monoisotopic (exact) mass is 2040 g/mol. The molecule has 0 atom stereocenters. The van der Waals surface area contributed by atoms with Crippen LogP contribution in [0.5, 0.6) is 0 Å². The quantitative estimate of drug-likeness (QED) is 0.0726. The third-order valence-electron chi connectivity index (χ3n) is 8.60. The highest BCUT2D eigenvalue weighted by atomic mass is 35.6. The molecule has 0 aliphatic carbocycles. The summed E-state index contributed by atoms with van der Waals surface area (Å²) in [6.45, 7) is 0. The zero-order chi connectivity index (χ0) is 63.1. The Morgan fingerprint density at radius 2 is 0.187 bits per heavy atom. The molecule has 0 aromatic rings. The zero-order valence-electron chi connectivity index (χ0n) is 31.4. The summed E-state index contributed by atoms with van der Waals surface area (Å²) >= 11 is 309. The van der Waals surface area contributed by atoms with E-state index in [2.05, 4.69) is 0 Å². The van der Waals surface area contributed by atoms with Gasteiger partial charge in [0.2, 0.25) is 16.3 Å². The third kappa shape index (κ3) is 14.4. The second-order valence-electron chi connectivity index (χ2n) is 13.3. The minimum absolute atomic E-state index is 2.93. The lowest BCUT2D eigenvalue weighted by molar-refractivity contribution is 0.383. The number of rotatable bonds is 20. The van der Waals surface area contributed by atoms with Gasteiger partial charge in [0, 0.05) is 0 Å². The Morgan fingerprint density at radius 1 is 0.147 bits per heavy atom. The van der Waals surface area contributed by atoms with E-state index >= 15 is 0 Å². The molecule has 0 aliphatic rings. The molecule has 52 heteroatoms. The van der Waals surface area contributed by atoms with E-state index in [0.29, 0.717) is 0 Å². The highest BCUT2D eigenvalue weighted by molar-refractivity contribution is 7.66. The average Bonchev–Trinajstić information content (AvgIpc) is 3.14. The van der Waals surface area contributed by atoms with E-state index in [0.717, 1.165) is 0 Å². The summed E-state index contributed by atoms with van der Waals surface area (Å²) in [5, 5.41) is 0. The van der Waals surface area contributed by atoms with Gasteiger partial charge in [-0.3, -0.25) is 4.55 Å². The van der Waals surface area contributed by atoms with Crippen LogP contribution >= 0.6 is 557 Å². The maximum absolute atomic E-state index is 8.59. The van der Waals surface area contributed by atoms with Crippen molar-refractivity contribution in [2.45, 2.75) is 98.6 Å². The molecule has 0 saturated heterocycles. The van der Waals surface area contributed by atoms with Crippen molar-refractivity contribution in [2.24, 2.45) is 0 Å². The molecule has 0 unspecified atom stereocenters. The highest BCUT2D eigenvalue weighted by Gasteiger charge is 2.90. The summed E-state index contributed by atoms with van der Waals surface area (Å²) in [5.74, 6) is 0. The largest absolute Gasteiger partial charge is 0.288 e. The molecular weight excluding hydrogens is 2060 g/mol. The number of hydrogen-bond donors (Lipinski definition) is 2. The van der Waals surface area contributed by atoms with Crippen molar-refractivity contribution < 1.29 is 13.0 Å². The van der Waals surface area contributed by atoms with Crippen LogP contribution in [0.2, 0.25) is 0 Å². The summed E-state index contributed by atoms with van der Waals surface area (Å²) in [6.07, 6.45) is 0. The van der Waals surface area contributed by atoms with E-state index in [9.17, 15) is 0 Å². The van der Waals surface area contributed by atoms with Crippen molar-refractivity contribution in [3.8, 4) is 0 Å². The molecule has 75 heavy (non-hydrogen) atoms. The predicted molar refractivity (Wildman–Crippen MR) is 357 cm³/mol. The van der Waals surface area contributed by atoms with Crippen LogP contribution in [0, 0.1) is 0 Å². The van der Waals surface area contributed by atoms with Gasteiger partial charge in [-0.25, -0.2) is 8.42 Å². The Bertz CT molecular complexity index is 1970. The van der Waals surface area contributed by atoms with Crippen molar-refractivity contribution in [3.63, 3.8) is 0 Å². The van der Waals surface area contributed by atoms with Gasteiger partial charge in [0.15, 0.2) is 82.3 Å². The van der Waals surface area contributed by atoms with E-state index < -0.39 is 110 Å². The zero-order valence-corrected chi connectivity index (χ0v) is 68.5. The number of thiol groups is 1. The molecule has 3 nitrogen and oxygen atoms in total. The molecule has 0 fully saturated rings. The Morgan fingerprint density at radius 3 is 0.227 bits per heavy atom. The third-order valence-corrected chi connectivity index (χ3v) is 43.0. The standard InChI is InChI=1S/C23Cl48.H2O3S/c24-1(25,2(26,27)4(30,31)6(34,35)8(38,39)10(42,43)12(46,47)14(50,51)16(54,55)18(58,59)20(62,63)22(66,67)68)3(28,29)5(32,33)7(36,37)9(40,41)11(44,45)13(48,49)15(52,53)17(56,57)19(60,61)21(64,65)23(69,70)71;1-4(2)3/h;4H,(H,1,2,3). The second kappa shape index (κ2) is 27.6. The van der Waals surface area contributed by atoms with Gasteiger partial charge in [0.05, 0.1) is 0 Å². The lowest BCUT2D eigenvalue weighted by atomic mass is 9.95. The van der Waals surface area contributed by atoms with Crippen molar-refractivity contribution in [1.29, 1.82) is 0 Å². The SMILES string of the molecule is ClC(Cl)(Cl)C(Cl)(Cl)C(Cl)(Cl)C(Cl)(Cl)C(Cl)(Cl)C(Cl)(Cl)C(Cl)(Cl)C(Cl)(Cl)C(Cl)(Cl)C(Cl)(Cl)C(Cl)(Cl)C(Cl)(Cl)C(Cl)(Cl)C(Cl)(Cl)C(Cl)(Cl)C(Cl)(Cl)C(Cl)(Cl)C(Cl)(Cl)C(Cl)(Cl)C(Cl)(Cl)C(Cl)(Cl)C(Cl)(Cl)C(Cl)(Cl)Cl.O=[SH](=O)O. The van der Waals surface area contributed by atoms with Crippen LogP contribution in [0.4, 0.5) is 0 Å². The number of halogens is 48. The van der Waals surface area contributed by atoms with E-state index in [4.69, 9.17) is 570 Å². The smallest absolute Gasteiger partial charge is 0.254 e. The van der Waals surface area contributed by atoms with E-state index in [-0.39, 0.29) is 0 Å². The van der Waals surface area contributed by atoms with Crippen molar-refractivity contribution >= 4 is 568 Å². The summed E-state index contributed by atoms with van der Waals surface area (Å²) in [6, 6.07) is 0. The highest BCUT2D eigenvalue weighted by Crippen LogP contribution is 2.80. The van der Waals surface area contributed by atoms with E-state index in [1.165, 1.54) is 0 Å². The molecule has 1 N–H and O–H groups in total. The Kier molecular flexibility index (Phi) is 33.5. The fourth-order valence-corrected chi connectivity index (χ4v) is 20.5. The normalized spacial score (nSPS) is 17.1. The van der Waals surface area contributed by atoms with Gasteiger partial charge in [0.1, 0.15) is 0 Å². The Labute approximate surface area is 667 Å². The molecule has 0 bridgehead atoms. The average molecular weight is 2060 g/mol. The van der Waals surface area contributed by atoms with Crippen LogP contribution in [0.3, 0.4) is 0 Å². The number of alkyl halides is 48. The molecule has 454 valence electrons. The fraction of sp³-hybridized carbons (Fsp3) is 1.00. The Hall–Kier alpha value is 13.8. The van der Waals surface area contributed by atoms with Crippen molar-refractivity contribution in [1.82, 2.24) is 0 Å². The van der Waals surface area contributed by atoms with Crippen molar-refractivity contribution in [2.75, 3.05) is 0 Å². The summed E-state index contributed by atoms with van der Waals surface area (Å²) in [7, 11) is -3.12. The minimum Gasteiger partial charge on any atom is -0.288 e. The lowest BCUT2D eigenvalue weighted by Crippen LogP contribution is -2.77. The van der Waals surface area contributed by atoms with Gasteiger partial charge in [0.25, 0.3) is 11.0 Å². The van der Waals surface area contributed by atoms with Crippen molar-refractivity contribution in [3.05, 3.63) is 0 Å². The molecule has 0 spiro atoms. The summed E-state index contributed by atoms with van der Waals surface area (Å²) < 4.78 is -58.7. The molecule has 0 rings (SSSR count). The van der Waals surface area contributed by atoms with Gasteiger partial charge in [-0.05, 0) is 0 Å². The van der Waals surface area contributed by atoms with Crippen LogP contribution < -0.4 is 0 Å². The van der Waals surface area contributed by atoms with Crippen LogP contribution in [-0.4, -0.2) is 112 Å². The lowest BCUT2D eigenvalue weighted by Gasteiger charge is -2.59. The first kappa shape index (κ1) is 90.9. The maximum atomic E-state index is 8.59. The van der Waals surface area contributed by atoms with Crippen LogP contribution in [0.25, 0.3) is 0 Å². The van der Waals surface area contributed by atoms with Crippen LogP contribution in [0.1, 0.15) is 0 Å². The van der Waals surface area contributed by atoms with Crippen LogP contribution in [0.15, 0.2) is 0 Å². The van der Waals surface area contributed by atoms with E-state index in [1.54, 1.807) is 0 Å². The molecule has 0 saturated carbocycles. The summed E-state index contributed by atoms with van der Waals surface area (Å²) in [4.78, 5) is 0. The van der Waals surface area contributed by atoms with Crippen LogP contribution in [-0.2, 0) is 11.0 Å².